The van der Waals surface area contributed by atoms with E-state index in [2.05, 4.69) is 10.6 Å². The molecule has 0 heterocycles. The molecule has 0 aliphatic rings. The highest BCUT2D eigenvalue weighted by molar-refractivity contribution is 5.90. The van der Waals surface area contributed by atoms with E-state index in [1.54, 1.807) is 0 Å². The quantitative estimate of drug-likeness (QED) is 0.0789. The van der Waals surface area contributed by atoms with Crippen LogP contribution in [0.1, 0.15) is 64.9 Å². The Balaban J connectivity index is 1.29. The monoisotopic (exact) mass is 718 g/mol. The first-order valence-electron chi connectivity index (χ1n) is 17.8. The van der Waals surface area contributed by atoms with Gasteiger partial charge in [0.2, 0.25) is 5.91 Å². The van der Waals surface area contributed by atoms with Crippen LogP contribution in [0.25, 0.3) is 0 Å². The van der Waals surface area contributed by atoms with Crippen LogP contribution >= 0.6 is 0 Å². The molecular formula is C38H58N2O11. The van der Waals surface area contributed by atoms with Crippen LogP contribution < -0.4 is 15.4 Å². The van der Waals surface area contributed by atoms with Gasteiger partial charge in [-0.2, -0.15) is 0 Å². The third kappa shape index (κ3) is 25.8. The number of rotatable bonds is 29. The molecule has 286 valence electrons. The molecule has 0 saturated heterocycles. The van der Waals surface area contributed by atoms with Gasteiger partial charge in [0, 0.05) is 25.1 Å². The van der Waals surface area contributed by atoms with Crippen LogP contribution in [0.15, 0.2) is 54.6 Å². The van der Waals surface area contributed by atoms with E-state index in [4.69, 9.17) is 37.9 Å². The summed E-state index contributed by atoms with van der Waals surface area (Å²) in [6.07, 6.45) is 3.68. The van der Waals surface area contributed by atoms with Gasteiger partial charge in [0.05, 0.1) is 66.1 Å². The van der Waals surface area contributed by atoms with Crippen LogP contribution in [0, 0.1) is 0 Å². The molecule has 13 nitrogen and oxygen atoms in total. The van der Waals surface area contributed by atoms with Crippen LogP contribution in [0.3, 0.4) is 0 Å². The first-order valence-corrected chi connectivity index (χ1v) is 17.8. The molecule has 0 saturated carbocycles. The highest BCUT2D eigenvalue weighted by atomic mass is 16.6. The van der Waals surface area contributed by atoms with E-state index in [1.807, 2.05) is 75.4 Å². The molecule has 0 radical (unpaired) electrons. The largest absolute Gasteiger partial charge is 0.491 e. The van der Waals surface area contributed by atoms with Gasteiger partial charge in [0.25, 0.3) is 0 Å². The van der Waals surface area contributed by atoms with Crippen molar-refractivity contribution in [3.8, 4) is 5.75 Å². The summed E-state index contributed by atoms with van der Waals surface area (Å²) < 4.78 is 43.5. The van der Waals surface area contributed by atoms with Crippen molar-refractivity contribution in [2.24, 2.45) is 0 Å². The summed E-state index contributed by atoms with van der Waals surface area (Å²) in [7, 11) is 0. The fourth-order valence-corrected chi connectivity index (χ4v) is 4.36. The van der Waals surface area contributed by atoms with Gasteiger partial charge in [-0.1, -0.05) is 43.2 Å². The average molecular weight is 719 g/mol. The number of carbonyl (C=O) groups excluding carboxylic acids is 3. The second-order valence-electron chi connectivity index (χ2n) is 12.5. The van der Waals surface area contributed by atoms with Crippen molar-refractivity contribution in [3.63, 3.8) is 0 Å². The number of alkyl carbamates (subject to hydrolysis) is 1. The Hall–Kier alpha value is -3.75. The van der Waals surface area contributed by atoms with Crippen molar-refractivity contribution in [3.05, 3.63) is 60.2 Å². The Morgan fingerprint density at radius 3 is 1.71 bits per heavy atom. The summed E-state index contributed by atoms with van der Waals surface area (Å²) in [5.41, 5.74) is 1.20. The summed E-state index contributed by atoms with van der Waals surface area (Å²) in [4.78, 5) is 35.6. The molecule has 51 heavy (non-hydrogen) atoms. The number of hydrogen-bond donors (Lipinski definition) is 2. The van der Waals surface area contributed by atoms with Crippen molar-refractivity contribution in [2.75, 3.05) is 84.5 Å². The van der Waals surface area contributed by atoms with E-state index in [9.17, 15) is 14.4 Å². The predicted octanol–water partition coefficient (Wildman–Crippen LogP) is 5.70. The number of benzene rings is 2. The first kappa shape index (κ1) is 43.4. The molecular weight excluding hydrogens is 660 g/mol. The number of nitrogens with one attached hydrogen (secondary N) is 2. The Morgan fingerprint density at radius 1 is 0.608 bits per heavy atom. The normalized spacial score (nSPS) is 11.2. The van der Waals surface area contributed by atoms with Crippen LogP contribution in [0.4, 0.5) is 10.5 Å². The lowest BCUT2D eigenvalue weighted by atomic mass is 10.1. The number of unbranched alkanes of at least 4 members (excludes halogenated alkanes) is 3. The zero-order valence-electron chi connectivity index (χ0n) is 30.6. The lowest BCUT2D eigenvalue weighted by molar-refractivity contribution is -0.154. The van der Waals surface area contributed by atoms with Gasteiger partial charge >= 0.3 is 12.1 Å². The van der Waals surface area contributed by atoms with Crippen molar-refractivity contribution in [2.45, 2.75) is 71.5 Å². The van der Waals surface area contributed by atoms with E-state index < -0.39 is 11.7 Å². The van der Waals surface area contributed by atoms with E-state index in [1.165, 1.54) is 0 Å². The van der Waals surface area contributed by atoms with Gasteiger partial charge in [0.15, 0.2) is 0 Å². The molecule has 0 atom stereocenters. The van der Waals surface area contributed by atoms with Crippen molar-refractivity contribution >= 4 is 23.7 Å². The maximum Gasteiger partial charge on any atom is 0.407 e. The summed E-state index contributed by atoms with van der Waals surface area (Å²) in [6.45, 7) is 11.0. The molecule has 2 aromatic carbocycles. The van der Waals surface area contributed by atoms with Gasteiger partial charge in [-0.3, -0.25) is 9.59 Å². The van der Waals surface area contributed by atoms with Gasteiger partial charge in [-0.05, 0) is 63.4 Å². The van der Waals surface area contributed by atoms with Crippen LogP contribution in [-0.2, 0) is 49.4 Å². The zero-order valence-corrected chi connectivity index (χ0v) is 30.6. The van der Waals surface area contributed by atoms with E-state index in [0.29, 0.717) is 103 Å². The third-order valence-electron chi connectivity index (χ3n) is 6.81. The van der Waals surface area contributed by atoms with Crippen LogP contribution in [-0.4, -0.2) is 103 Å². The topological polar surface area (TPSA) is 149 Å². The molecule has 0 fully saturated rings. The number of amides is 2. The van der Waals surface area contributed by atoms with Crippen molar-refractivity contribution in [1.82, 2.24) is 5.32 Å². The average Bonchev–Trinajstić information content (AvgIpc) is 3.10. The van der Waals surface area contributed by atoms with Gasteiger partial charge in [-0.25, -0.2) is 4.79 Å². The Bertz CT molecular complexity index is 1190. The summed E-state index contributed by atoms with van der Waals surface area (Å²) >= 11 is 0. The Labute approximate surface area is 302 Å². The highest BCUT2D eigenvalue weighted by Crippen LogP contribution is 2.17. The van der Waals surface area contributed by atoms with Gasteiger partial charge < -0.3 is 48.5 Å². The van der Waals surface area contributed by atoms with E-state index >= 15 is 0 Å². The molecule has 2 aromatic rings. The first-order chi connectivity index (χ1) is 24.7. The molecule has 0 aliphatic carbocycles. The maximum atomic E-state index is 12.2. The zero-order chi connectivity index (χ0) is 36.8. The Morgan fingerprint density at radius 2 is 1.14 bits per heavy atom. The molecule has 0 unspecified atom stereocenters. The maximum absolute atomic E-state index is 12.2. The third-order valence-corrected chi connectivity index (χ3v) is 6.81. The molecule has 13 heteroatoms. The molecule has 0 aliphatic heterocycles. The molecule has 0 bridgehead atoms. The minimum Gasteiger partial charge on any atom is -0.491 e. The van der Waals surface area contributed by atoms with Crippen molar-refractivity contribution < 1.29 is 52.3 Å². The van der Waals surface area contributed by atoms with Gasteiger partial charge in [0.1, 0.15) is 24.6 Å². The van der Waals surface area contributed by atoms with Crippen LogP contribution in [0.2, 0.25) is 0 Å². The smallest absolute Gasteiger partial charge is 0.407 e. The molecule has 2 N–H and O–H groups in total. The molecule has 0 spiro atoms. The second-order valence-corrected chi connectivity index (χ2v) is 12.5. The minimum absolute atomic E-state index is 0.0347. The lowest BCUT2D eigenvalue weighted by Gasteiger charge is -2.19. The van der Waals surface area contributed by atoms with Gasteiger partial charge in [-0.15, -0.1) is 0 Å². The number of carbonyl (C=O) groups is 3. The summed E-state index contributed by atoms with van der Waals surface area (Å²) in [5.74, 6) is 0.483. The second kappa shape index (κ2) is 27.9. The fraction of sp³-hybridized carbons (Fsp3) is 0.605. The Kier molecular flexibility index (Phi) is 23.8. The molecule has 0 aromatic heterocycles. The molecule has 2 rings (SSSR count). The van der Waals surface area contributed by atoms with E-state index in [-0.39, 0.29) is 18.5 Å². The molecule has 2 amide bonds. The van der Waals surface area contributed by atoms with Crippen molar-refractivity contribution in [1.29, 1.82) is 0 Å². The number of anilines is 1. The minimum atomic E-state index is -0.476. The number of hydrogen-bond acceptors (Lipinski definition) is 11. The predicted molar refractivity (Wildman–Crippen MR) is 193 cm³/mol. The van der Waals surface area contributed by atoms with Crippen LogP contribution in [0.5, 0.6) is 5.75 Å². The summed E-state index contributed by atoms with van der Waals surface area (Å²) in [6, 6.07) is 16.7. The number of ether oxygens (including phenoxy) is 8. The lowest BCUT2D eigenvalue weighted by Crippen LogP contribution is -2.28. The standard InChI is InChI=1S/C38H58N2O11/c1-38(2,3)51-36(42)14-10-5-4-9-13-35(41)40-33-15-17-34(18-16-33)49-30-29-48-28-27-47-26-25-46-24-23-45-22-21-44-20-19-39-37(43)50-31-32-11-7-6-8-12-32/h6-8,11-12,15-18H,4-5,9-10,13-14,19-31H2,1-3H3,(H,39,43)(H,40,41). The highest BCUT2D eigenvalue weighted by Gasteiger charge is 2.15. The SMILES string of the molecule is CC(C)(C)OC(=O)CCCCCCC(=O)Nc1ccc(OCCOCCOCCOCCOCCOCCNC(=O)OCc2ccccc2)cc1. The van der Waals surface area contributed by atoms with E-state index in [0.717, 1.165) is 31.2 Å². The summed E-state index contributed by atoms with van der Waals surface area (Å²) in [5, 5.41) is 5.54. The fourth-order valence-electron chi connectivity index (χ4n) is 4.36. The number of esters is 1.